The van der Waals surface area contributed by atoms with Crippen LogP contribution in [0.25, 0.3) is 11.0 Å². The number of hydrogen-bond acceptors (Lipinski definition) is 7. The number of amides is 1. The highest BCUT2D eigenvalue weighted by atomic mass is 16.5. The fourth-order valence-electron chi connectivity index (χ4n) is 4.17. The van der Waals surface area contributed by atoms with Crippen LogP contribution in [0.5, 0.6) is 17.2 Å². The van der Waals surface area contributed by atoms with Gasteiger partial charge in [0.15, 0.2) is 0 Å². The zero-order chi connectivity index (χ0) is 24.4. The standard InChI is InChI=1S/C26H27NO7/c1-14(2)23(27-24(28)15-10-17(31-3)12-18(11-15)32-4)26(30)33-16-8-9-20-19-6-5-7-21(19)25(29)34-22(20)13-16/h8-14,23H,5-7H2,1-4H3,(H,27,28). The number of benzene rings is 2. The number of carbonyl (C=O) groups excluding carboxylic acids is 2. The molecular weight excluding hydrogens is 438 g/mol. The van der Waals surface area contributed by atoms with E-state index in [2.05, 4.69) is 5.32 Å². The van der Waals surface area contributed by atoms with Crippen molar-refractivity contribution in [2.75, 3.05) is 14.2 Å². The zero-order valence-electron chi connectivity index (χ0n) is 19.6. The normalized spacial score (nSPS) is 13.4. The topological polar surface area (TPSA) is 104 Å². The first-order valence-corrected chi connectivity index (χ1v) is 11.1. The molecule has 0 radical (unpaired) electrons. The van der Waals surface area contributed by atoms with Gasteiger partial charge in [-0.15, -0.1) is 0 Å². The van der Waals surface area contributed by atoms with E-state index in [1.807, 2.05) is 0 Å². The summed E-state index contributed by atoms with van der Waals surface area (Å²) in [6.45, 7) is 3.61. The van der Waals surface area contributed by atoms with Crippen LogP contribution in [0.4, 0.5) is 0 Å². The molecule has 0 saturated carbocycles. The van der Waals surface area contributed by atoms with Crippen molar-refractivity contribution in [1.29, 1.82) is 0 Å². The van der Waals surface area contributed by atoms with Gasteiger partial charge in [-0.3, -0.25) is 4.79 Å². The highest BCUT2D eigenvalue weighted by Crippen LogP contribution is 2.30. The Kier molecular flexibility index (Phi) is 6.58. The van der Waals surface area contributed by atoms with Gasteiger partial charge >= 0.3 is 11.6 Å². The van der Waals surface area contributed by atoms with Gasteiger partial charge in [-0.2, -0.15) is 0 Å². The summed E-state index contributed by atoms with van der Waals surface area (Å²) < 4.78 is 21.5. The molecule has 0 spiro atoms. The molecule has 0 fully saturated rings. The van der Waals surface area contributed by atoms with Crippen molar-refractivity contribution >= 4 is 22.8 Å². The first-order valence-electron chi connectivity index (χ1n) is 11.1. The minimum absolute atomic E-state index is 0.238. The van der Waals surface area contributed by atoms with Gasteiger partial charge in [0, 0.05) is 28.6 Å². The van der Waals surface area contributed by atoms with Crippen LogP contribution in [0.15, 0.2) is 45.6 Å². The molecule has 0 bridgehead atoms. The highest BCUT2D eigenvalue weighted by molar-refractivity contribution is 5.98. The summed E-state index contributed by atoms with van der Waals surface area (Å²) in [4.78, 5) is 38.1. The molecule has 4 rings (SSSR count). The molecule has 0 saturated heterocycles. The summed E-state index contributed by atoms with van der Waals surface area (Å²) in [6, 6.07) is 8.88. The van der Waals surface area contributed by atoms with Crippen LogP contribution in [0.1, 0.15) is 41.8 Å². The average Bonchev–Trinajstić information content (AvgIpc) is 3.32. The Labute approximate surface area is 196 Å². The van der Waals surface area contributed by atoms with Crippen molar-refractivity contribution in [3.05, 3.63) is 63.5 Å². The van der Waals surface area contributed by atoms with Crippen LogP contribution >= 0.6 is 0 Å². The molecule has 1 N–H and O–H groups in total. The maximum absolute atomic E-state index is 13.0. The molecule has 1 amide bonds. The minimum atomic E-state index is -0.910. The van der Waals surface area contributed by atoms with Crippen molar-refractivity contribution < 1.29 is 28.2 Å². The molecule has 3 aromatic rings. The molecule has 1 aromatic heterocycles. The van der Waals surface area contributed by atoms with Crippen molar-refractivity contribution in [3.63, 3.8) is 0 Å². The highest BCUT2D eigenvalue weighted by Gasteiger charge is 2.28. The van der Waals surface area contributed by atoms with E-state index in [1.54, 1.807) is 50.2 Å². The summed E-state index contributed by atoms with van der Waals surface area (Å²) >= 11 is 0. The van der Waals surface area contributed by atoms with Gasteiger partial charge in [0.2, 0.25) is 0 Å². The van der Waals surface area contributed by atoms with Crippen molar-refractivity contribution in [1.82, 2.24) is 5.32 Å². The van der Waals surface area contributed by atoms with Crippen LogP contribution in [-0.4, -0.2) is 32.1 Å². The van der Waals surface area contributed by atoms with Gasteiger partial charge in [-0.25, -0.2) is 9.59 Å². The van der Waals surface area contributed by atoms with E-state index >= 15 is 0 Å². The number of hydrogen-bond donors (Lipinski definition) is 1. The molecule has 1 aliphatic carbocycles. The van der Waals surface area contributed by atoms with Gasteiger partial charge in [0.1, 0.15) is 28.9 Å². The van der Waals surface area contributed by atoms with E-state index in [9.17, 15) is 14.4 Å². The lowest BCUT2D eigenvalue weighted by atomic mass is 10.0. The third kappa shape index (κ3) is 4.62. The lowest BCUT2D eigenvalue weighted by Gasteiger charge is -2.21. The molecule has 178 valence electrons. The summed E-state index contributed by atoms with van der Waals surface area (Å²) in [5, 5.41) is 3.59. The Balaban J connectivity index is 1.55. The molecule has 8 nitrogen and oxygen atoms in total. The quantitative estimate of drug-likeness (QED) is 0.323. The average molecular weight is 466 g/mol. The molecule has 34 heavy (non-hydrogen) atoms. The Bertz CT molecular complexity index is 1290. The molecule has 1 aliphatic rings. The maximum Gasteiger partial charge on any atom is 0.339 e. The number of nitrogens with one attached hydrogen (secondary N) is 1. The molecular formula is C26H27NO7. The SMILES string of the molecule is COc1cc(OC)cc(C(=O)NC(C(=O)Oc2ccc3c4c(c(=O)oc3c2)CCC4)C(C)C)c1. The van der Waals surface area contributed by atoms with E-state index in [0.29, 0.717) is 17.1 Å². The number of rotatable bonds is 7. The van der Waals surface area contributed by atoms with Gasteiger partial charge in [0.05, 0.1) is 14.2 Å². The fourth-order valence-corrected chi connectivity index (χ4v) is 4.17. The third-order valence-electron chi connectivity index (χ3n) is 5.98. The van der Waals surface area contributed by atoms with E-state index in [4.69, 9.17) is 18.6 Å². The first-order chi connectivity index (χ1) is 16.3. The van der Waals surface area contributed by atoms with Crippen LogP contribution in [0.2, 0.25) is 0 Å². The van der Waals surface area contributed by atoms with E-state index in [0.717, 1.165) is 35.8 Å². The number of esters is 1. The number of ether oxygens (including phenoxy) is 3. The Hall–Kier alpha value is -3.81. The summed E-state index contributed by atoms with van der Waals surface area (Å²) in [6.07, 6.45) is 2.47. The zero-order valence-corrected chi connectivity index (χ0v) is 19.6. The number of fused-ring (bicyclic) bond motifs is 3. The van der Waals surface area contributed by atoms with Gasteiger partial charge in [-0.1, -0.05) is 13.8 Å². The number of aryl methyl sites for hydroxylation is 1. The molecule has 0 aliphatic heterocycles. The van der Waals surface area contributed by atoms with E-state index in [-0.39, 0.29) is 22.9 Å². The Morgan fingerprint density at radius 3 is 2.26 bits per heavy atom. The summed E-state index contributed by atoms with van der Waals surface area (Å²) in [5.41, 5.74) is 2.06. The Morgan fingerprint density at radius 2 is 1.62 bits per heavy atom. The molecule has 1 atom stereocenters. The Morgan fingerprint density at radius 1 is 0.941 bits per heavy atom. The van der Waals surface area contributed by atoms with E-state index in [1.165, 1.54) is 14.2 Å². The number of carbonyl (C=O) groups is 2. The lowest BCUT2D eigenvalue weighted by molar-refractivity contribution is -0.137. The molecule has 1 heterocycles. The van der Waals surface area contributed by atoms with Crippen molar-refractivity contribution in [2.24, 2.45) is 5.92 Å². The van der Waals surface area contributed by atoms with Crippen LogP contribution in [0, 0.1) is 5.92 Å². The third-order valence-corrected chi connectivity index (χ3v) is 5.98. The second-order valence-corrected chi connectivity index (χ2v) is 8.58. The second kappa shape index (κ2) is 9.59. The minimum Gasteiger partial charge on any atom is -0.497 e. The predicted molar refractivity (Wildman–Crippen MR) is 126 cm³/mol. The first kappa shape index (κ1) is 23.4. The van der Waals surface area contributed by atoms with Crippen LogP contribution in [-0.2, 0) is 17.6 Å². The van der Waals surface area contributed by atoms with E-state index < -0.39 is 17.9 Å². The number of methoxy groups -OCH3 is 2. The monoisotopic (exact) mass is 465 g/mol. The fraction of sp³-hybridized carbons (Fsp3) is 0.346. The van der Waals surface area contributed by atoms with Gasteiger partial charge in [0.25, 0.3) is 5.91 Å². The maximum atomic E-state index is 13.0. The van der Waals surface area contributed by atoms with Crippen LogP contribution in [0.3, 0.4) is 0 Å². The molecule has 8 heteroatoms. The largest absolute Gasteiger partial charge is 0.497 e. The van der Waals surface area contributed by atoms with Gasteiger partial charge in [-0.05, 0) is 55.0 Å². The molecule has 2 aromatic carbocycles. The smallest absolute Gasteiger partial charge is 0.339 e. The van der Waals surface area contributed by atoms with Crippen molar-refractivity contribution in [3.8, 4) is 17.2 Å². The summed E-state index contributed by atoms with van der Waals surface area (Å²) in [5.74, 6) is -0.184. The summed E-state index contributed by atoms with van der Waals surface area (Å²) in [7, 11) is 2.98. The van der Waals surface area contributed by atoms with Gasteiger partial charge < -0.3 is 23.9 Å². The lowest BCUT2D eigenvalue weighted by Crippen LogP contribution is -2.46. The van der Waals surface area contributed by atoms with Crippen LogP contribution < -0.4 is 25.2 Å². The molecule has 1 unspecified atom stereocenters. The predicted octanol–water partition coefficient (Wildman–Crippen LogP) is 3.66. The second-order valence-electron chi connectivity index (χ2n) is 8.58. The van der Waals surface area contributed by atoms with Crippen molar-refractivity contribution in [2.45, 2.75) is 39.2 Å².